The number of rotatable bonds is 4. The molecule has 1 amide bonds. The van der Waals surface area contributed by atoms with E-state index in [4.69, 9.17) is 4.74 Å². The zero-order valence-corrected chi connectivity index (χ0v) is 13.6. The molecule has 7 nitrogen and oxygen atoms in total. The normalized spacial score (nSPS) is 16.9. The van der Waals surface area contributed by atoms with Crippen molar-refractivity contribution in [2.75, 3.05) is 31.2 Å². The van der Waals surface area contributed by atoms with Gasteiger partial charge in [-0.05, 0) is 18.6 Å². The van der Waals surface area contributed by atoms with Crippen molar-refractivity contribution < 1.29 is 9.53 Å². The molecule has 1 saturated heterocycles. The summed E-state index contributed by atoms with van der Waals surface area (Å²) in [5.41, 5.74) is 1.66. The molecular weight excluding hydrogens is 306 g/mol. The molecule has 0 radical (unpaired) electrons. The number of aromatic nitrogens is 3. The summed E-state index contributed by atoms with van der Waals surface area (Å²) in [6.45, 7) is 4.36. The fourth-order valence-electron chi connectivity index (χ4n) is 3.34. The van der Waals surface area contributed by atoms with Crippen molar-refractivity contribution >= 4 is 11.6 Å². The summed E-state index contributed by atoms with van der Waals surface area (Å²) in [6, 6.07) is 7.73. The maximum absolute atomic E-state index is 12.7. The lowest BCUT2D eigenvalue weighted by Gasteiger charge is -2.30. The van der Waals surface area contributed by atoms with Gasteiger partial charge in [0, 0.05) is 31.7 Å². The first kappa shape index (κ1) is 15.1. The van der Waals surface area contributed by atoms with E-state index in [0.717, 1.165) is 49.8 Å². The van der Waals surface area contributed by atoms with Gasteiger partial charge in [0.1, 0.15) is 5.82 Å². The highest BCUT2D eigenvalue weighted by atomic mass is 16.5. The number of anilines is 1. The second kappa shape index (κ2) is 6.60. The number of nitrogens with zero attached hydrogens (tertiary/aromatic N) is 4. The Labute approximate surface area is 140 Å². The molecule has 24 heavy (non-hydrogen) atoms. The third-order valence-corrected chi connectivity index (χ3v) is 4.59. The van der Waals surface area contributed by atoms with Gasteiger partial charge in [-0.3, -0.25) is 4.79 Å². The Balaban J connectivity index is 1.48. The molecule has 0 unspecified atom stereocenters. The number of hydrogen-bond acceptors (Lipinski definition) is 5. The van der Waals surface area contributed by atoms with Crippen LogP contribution in [-0.2, 0) is 24.2 Å². The topological polar surface area (TPSA) is 72.3 Å². The Bertz CT molecular complexity index is 736. The monoisotopic (exact) mass is 327 g/mol. The maximum Gasteiger partial charge on any atom is 0.253 e. The van der Waals surface area contributed by atoms with Crippen molar-refractivity contribution in [2.24, 2.45) is 0 Å². The SMILES string of the molecule is O=C(NCc1nnc2n1CCC2)c1ccccc1N1CCOCC1. The third-order valence-electron chi connectivity index (χ3n) is 4.59. The molecule has 2 aliphatic heterocycles. The number of ether oxygens (including phenoxy) is 1. The number of amides is 1. The lowest BCUT2D eigenvalue weighted by Crippen LogP contribution is -2.38. The Morgan fingerprint density at radius 1 is 1.17 bits per heavy atom. The minimum atomic E-state index is -0.0764. The van der Waals surface area contributed by atoms with E-state index in [0.29, 0.717) is 25.3 Å². The van der Waals surface area contributed by atoms with E-state index in [1.807, 2.05) is 24.3 Å². The van der Waals surface area contributed by atoms with E-state index < -0.39 is 0 Å². The molecule has 7 heteroatoms. The van der Waals surface area contributed by atoms with Gasteiger partial charge >= 0.3 is 0 Å². The van der Waals surface area contributed by atoms with Crippen LogP contribution in [0.3, 0.4) is 0 Å². The zero-order chi connectivity index (χ0) is 16.4. The van der Waals surface area contributed by atoms with E-state index in [-0.39, 0.29) is 5.91 Å². The van der Waals surface area contributed by atoms with Crippen molar-refractivity contribution in [2.45, 2.75) is 25.9 Å². The van der Waals surface area contributed by atoms with Crippen LogP contribution in [0.4, 0.5) is 5.69 Å². The summed E-state index contributed by atoms with van der Waals surface area (Å²) in [5, 5.41) is 11.4. The summed E-state index contributed by atoms with van der Waals surface area (Å²) in [6.07, 6.45) is 2.08. The molecular formula is C17H21N5O2. The molecule has 2 aliphatic rings. The number of carbonyl (C=O) groups is 1. The average Bonchev–Trinajstić information content (AvgIpc) is 3.24. The molecule has 0 bridgehead atoms. The molecule has 0 atom stereocenters. The number of aryl methyl sites for hydroxylation is 1. The first-order valence-corrected chi connectivity index (χ1v) is 8.44. The highest BCUT2D eigenvalue weighted by Crippen LogP contribution is 2.21. The van der Waals surface area contributed by atoms with Crippen LogP contribution in [0.25, 0.3) is 0 Å². The first-order chi connectivity index (χ1) is 11.8. The first-order valence-electron chi connectivity index (χ1n) is 8.44. The number of benzene rings is 1. The molecule has 1 N–H and O–H groups in total. The Kier molecular flexibility index (Phi) is 4.17. The van der Waals surface area contributed by atoms with E-state index in [1.54, 1.807) is 0 Å². The van der Waals surface area contributed by atoms with Gasteiger partial charge in [0.05, 0.1) is 25.3 Å². The standard InChI is InChI=1S/C17H21N5O2/c23-17(18-12-16-20-19-15-6-3-7-22(15)16)13-4-1-2-5-14(13)21-8-10-24-11-9-21/h1-2,4-5H,3,6-12H2,(H,18,23). The molecule has 0 saturated carbocycles. The molecule has 0 spiro atoms. The molecule has 2 aromatic rings. The summed E-state index contributed by atoms with van der Waals surface area (Å²) >= 11 is 0. The summed E-state index contributed by atoms with van der Waals surface area (Å²) in [4.78, 5) is 14.9. The van der Waals surface area contributed by atoms with Crippen molar-refractivity contribution in [1.82, 2.24) is 20.1 Å². The van der Waals surface area contributed by atoms with E-state index in [1.165, 1.54) is 0 Å². The molecule has 3 heterocycles. The van der Waals surface area contributed by atoms with Crippen molar-refractivity contribution in [3.8, 4) is 0 Å². The van der Waals surface area contributed by atoms with Crippen molar-refractivity contribution in [1.29, 1.82) is 0 Å². The van der Waals surface area contributed by atoms with Gasteiger partial charge < -0.3 is 19.5 Å². The van der Waals surface area contributed by atoms with Crippen LogP contribution in [-0.4, -0.2) is 47.0 Å². The quantitative estimate of drug-likeness (QED) is 0.907. The Hall–Kier alpha value is -2.41. The Morgan fingerprint density at radius 3 is 2.88 bits per heavy atom. The number of carbonyl (C=O) groups excluding carboxylic acids is 1. The van der Waals surface area contributed by atoms with Gasteiger partial charge in [-0.25, -0.2) is 0 Å². The van der Waals surface area contributed by atoms with Gasteiger partial charge in [-0.15, -0.1) is 10.2 Å². The van der Waals surface area contributed by atoms with E-state index in [9.17, 15) is 4.79 Å². The van der Waals surface area contributed by atoms with Crippen LogP contribution >= 0.6 is 0 Å². The average molecular weight is 327 g/mol. The largest absolute Gasteiger partial charge is 0.378 e. The van der Waals surface area contributed by atoms with Gasteiger partial charge in [-0.2, -0.15) is 0 Å². The molecule has 126 valence electrons. The number of nitrogens with one attached hydrogen (secondary N) is 1. The van der Waals surface area contributed by atoms with Crippen LogP contribution < -0.4 is 10.2 Å². The number of morpholine rings is 1. The predicted octanol–water partition coefficient (Wildman–Crippen LogP) is 0.991. The zero-order valence-electron chi connectivity index (χ0n) is 13.6. The molecule has 1 fully saturated rings. The summed E-state index contributed by atoms with van der Waals surface area (Å²) < 4.78 is 7.51. The third kappa shape index (κ3) is 2.87. The second-order valence-electron chi connectivity index (χ2n) is 6.09. The molecule has 0 aliphatic carbocycles. The van der Waals surface area contributed by atoms with E-state index >= 15 is 0 Å². The van der Waals surface area contributed by atoms with Crippen molar-refractivity contribution in [3.05, 3.63) is 41.5 Å². The highest BCUT2D eigenvalue weighted by molar-refractivity contribution is 5.99. The minimum absolute atomic E-state index is 0.0764. The minimum Gasteiger partial charge on any atom is -0.378 e. The number of hydrogen-bond donors (Lipinski definition) is 1. The smallest absolute Gasteiger partial charge is 0.253 e. The van der Waals surface area contributed by atoms with Crippen LogP contribution in [0, 0.1) is 0 Å². The number of para-hydroxylation sites is 1. The maximum atomic E-state index is 12.7. The second-order valence-corrected chi connectivity index (χ2v) is 6.09. The van der Waals surface area contributed by atoms with E-state index in [2.05, 4.69) is 25.0 Å². The fourth-order valence-corrected chi connectivity index (χ4v) is 3.34. The predicted molar refractivity (Wildman–Crippen MR) is 89.0 cm³/mol. The lowest BCUT2D eigenvalue weighted by molar-refractivity contribution is 0.0948. The van der Waals surface area contributed by atoms with Crippen molar-refractivity contribution in [3.63, 3.8) is 0 Å². The molecule has 1 aromatic heterocycles. The fraction of sp³-hybridized carbons (Fsp3) is 0.471. The summed E-state index contributed by atoms with van der Waals surface area (Å²) in [7, 11) is 0. The van der Waals surface area contributed by atoms with Gasteiger partial charge in [0.2, 0.25) is 0 Å². The van der Waals surface area contributed by atoms with Crippen LogP contribution in [0.15, 0.2) is 24.3 Å². The van der Waals surface area contributed by atoms with Gasteiger partial charge in [-0.1, -0.05) is 12.1 Å². The van der Waals surface area contributed by atoms with Gasteiger partial charge in [0.15, 0.2) is 5.82 Å². The lowest BCUT2D eigenvalue weighted by atomic mass is 10.1. The number of fused-ring (bicyclic) bond motifs is 1. The van der Waals surface area contributed by atoms with Gasteiger partial charge in [0.25, 0.3) is 5.91 Å². The van der Waals surface area contributed by atoms with Crippen LogP contribution in [0.2, 0.25) is 0 Å². The van der Waals surface area contributed by atoms with Crippen LogP contribution in [0.1, 0.15) is 28.4 Å². The summed E-state index contributed by atoms with van der Waals surface area (Å²) in [5.74, 6) is 1.78. The highest BCUT2D eigenvalue weighted by Gasteiger charge is 2.20. The Morgan fingerprint density at radius 2 is 2.00 bits per heavy atom. The molecule has 1 aromatic carbocycles. The molecule has 4 rings (SSSR count). The van der Waals surface area contributed by atoms with Crippen LogP contribution in [0.5, 0.6) is 0 Å².